The van der Waals surface area contributed by atoms with E-state index in [1.165, 1.54) is 26.2 Å². The maximum atomic E-state index is 13.0. The Morgan fingerprint density at radius 2 is 1.93 bits per heavy atom. The Kier molecular flexibility index (Phi) is 4.99. The standard InChI is InChI=1S/C18H14F3N3O3S/c1-8-7-11(18(19,20)21)24-16-12(8)13(22)14(28-16)15(25)23-10-6-4-3-5-9(10)17(26)27-2/h3-7H,22H2,1-2H3,(H,23,25). The molecule has 0 atom stereocenters. The number of rotatable bonds is 3. The highest BCUT2D eigenvalue weighted by Gasteiger charge is 2.34. The second-order valence-electron chi connectivity index (χ2n) is 5.84. The van der Waals surface area contributed by atoms with Crippen LogP contribution in [-0.2, 0) is 10.9 Å². The van der Waals surface area contributed by atoms with Gasteiger partial charge in [0.25, 0.3) is 5.91 Å². The Balaban J connectivity index is 2.03. The average Bonchev–Trinajstić information content (AvgIpc) is 2.98. The number of pyridine rings is 1. The second kappa shape index (κ2) is 7.12. The number of aryl methyl sites for hydroxylation is 1. The molecule has 0 saturated heterocycles. The quantitative estimate of drug-likeness (QED) is 0.631. The van der Waals surface area contributed by atoms with Crippen molar-refractivity contribution in [3.8, 4) is 0 Å². The van der Waals surface area contributed by atoms with Crippen LogP contribution < -0.4 is 11.1 Å². The molecule has 3 N–H and O–H groups in total. The zero-order valence-corrected chi connectivity index (χ0v) is 15.5. The van der Waals surface area contributed by atoms with Crippen LogP contribution >= 0.6 is 11.3 Å². The van der Waals surface area contributed by atoms with Gasteiger partial charge in [-0.05, 0) is 30.7 Å². The molecule has 1 aromatic carbocycles. The summed E-state index contributed by atoms with van der Waals surface area (Å²) in [6.45, 7) is 1.47. The van der Waals surface area contributed by atoms with Crippen molar-refractivity contribution in [2.75, 3.05) is 18.2 Å². The summed E-state index contributed by atoms with van der Waals surface area (Å²) in [7, 11) is 1.21. The zero-order chi connectivity index (χ0) is 20.6. The van der Waals surface area contributed by atoms with E-state index in [-0.39, 0.29) is 32.2 Å². The van der Waals surface area contributed by atoms with Gasteiger partial charge in [-0.3, -0.25) is 4.79 Å². The highest BCUT2D eigenvalue weighted by Crippen LogP contribution is 2.38. The van der Waals surface area contributed by atoms with Crippen molar-refractivity contribution >= 4 is 44.8 Å². The van der Waals surface area contributed by atoms with Gasteiger partial charge in [0.2, 0.25) is 0 Å². The minimum absolute atomic E-state index is 0.00425. The van der Waals surface area contributed by atoms with Crippen LogP contribution in [0, 0.1) is 6.92 Å². The third-order valence-electron chi connectivity index (χ3n) is 3.97. The number of thiophene rings is 1. The van der Waals surface area contributed by atoms with Crippen molar-refractivity contribution < 1.29 is 27.5 Å². The first-order valence-corrected chi connectivity index (χ1v) is 8.70. The highest BCUT2D eigenvalue weighted by molar-refractivity contribution is 7.21. The SMILES string of the molecule is COC(=O)c1ccccc1NC(=O)c1sc2nc(C(F)(F)F)cc(C)c2c1N. The van der Waals surface area contributed by atoms with Crippen molar-refractivity contribution in [1.29, 1.82) is 0 Å². The van der Waals surface area contributed by atoms with Crippen LogP contribution in [0.3, 0.4) is 0 Å². The number of para-hydroxylation sites is 1. The first-order valence-electron chi connectivity index (χ1n) is 7.89. The Morgan fingerprint density at radius 3 is 2.57 bits per heavy atom. The van der Waals surface area contributed by atoms with E-state index in [1.54, 1.807) is 12.1 Å². The number of anilines is 2. The smallest absolute Gasteiger partial charge is 0.433 e. The molecule has 6 nitrogen and oxygen atoms in total. The first kappa shape index (κ1) is 19.6. The number of fused-ring (bicyclic) bond motifs is 1. The summed E-state index contributed by atoms with van der Waals surface area (Å²) in [6.07, 6.45) is -4.61. The Hall–Kier alpha value is -3.14. The monoisotopic (exact) mass is 409 g/mol. The molecule has 1 amide bonds. The minimum atomic E-state index is -4.61. The van der Waals surface area contributed by atoms with Crippen molar-refractivity contribution in [1.82, 2.24) is 4.98 Å². The van der Waals surface area contributed by atoms with Gasteiger partial charge in [-0.25, -0.2) is 9.78 Å². The zero-order valence-electron chi connectivity index (χ0n) is 14.7. The minimum Gasteiger partial charge on any atom is -0.465 e. The normalized spacial score (nSPS) is 11.5. The Morgan fingerprint density at radius 1 is 1.25 bits per heavy atom. The number of halogens is 3. The van der Waals surface area contributed by atoms with Crippen LogP contribution in [-0.4, -0.2) is 24.0 Å². The lowest BCUT2D eigenvalue weighted by molar-refractivity contribution is -0.141. The molecule has 0 aliphatic rings. The molecule has 28 heavy (non-hydrogen) atoms. The number of carbonyl (C=O) groups excluding carboxylic acids is 2. The van der Waals surface area contributed by atoms with Gasteiger partial charge >= 0.3 is 12.1 Å². The number of hydrogen-bond acceptors (Lipinski definition) is 6. The topological polar surface area (TPSA) is 94.3 Å². The van der Waals surface area contributed by atoms with Crippen LogP contribution in [0.15, 0.2) is 30.3 Å². The van der Waals surface area contributed by atoms with E-state index < -0.39 is 23.7 Å². The molecular weight excluding hydrogens is 395 g/mol. The summed E-state index contributed by atoms with van der Waals surface area (Å²) < 4.78 is 43.6. The molecule has 0 fully saturated rings. The fourth-order valence-corrected chi connectivity index (χ4v) is 3.75. The molecule has 3 aromatic rings. The molecule has 0 radical (unpaired) electrons. The molecule has 0 aliphatic carbocycles. The lowest BCUT2D eigenvalue weighted by atomic mass is 10.1. The number of nitrogen functional groups attached to an aromatic ring is 1. The summed E-state index contributed by atoms with van der Waals surface area (Å²) >= 11 is 0.751. The number of amides is 1. The molecule has 2 aromatic heterocycles. The van der Waals surface area contributed by atoms with Gasteiger partial charge in [-0.2, -0.15) is 13.2 Å². The predicted octanol–water partition coefficient (Wildman–Crippen LogP) is 4.24. The number of benzene rings is 1. The molecule has 146 valence electrons. The fourth-order valence-electron chi connectivity index (χ4n) is 2.68. The molecular formula is C18H14F3N3O3S. The summed E-state index contributed by atoms with van der Waals surface area (Å²) in [5, 5.41) is 2.84. The highest BCUT2D eigenvalue weighted by atomic mass is 32.1. The predicted molar refractivity (Wildman–Crippen MR) is 99.5 cm³/mol. The largest absolute Gasteiger partial charge is 0.465 e. The van der Waals surface area contributed by atoms with Crippen LogP contribution in [0.2, 0.25) is 0 Å². The van der Waals surface area contributed by atoms with E-state index in [0.29, 0.717) is 5.39 Å². The first-order chi connectivity index (χ1) is 13.1. The summed E-state index contributed by atoms with van der Waals surface area (Å²) in [4.78, 5) is 28.1. The maximum absolute atomic E-state index is 13.0. The van der Waals surface area contributed by atoms with E-state index in [4.69, 9.17) is 5.73 Å². The fraction of sp³-hybridized carbons (Fsp3) is 0.167. The third kappa shape index (κ3) is 3.50. The van der Waals surface area contributed by atoms with Crippen LogP contribution in [0.25, 0.3) is 10.2 Å². The maximum Gasteiger partial charge on any atom is 0.433 e. The van der Waals surface area contributed by atoms with Gasteiger partial charge in [0.05, 0.1) is 24.0 Å². The number of nitrogens with two attached hydrogens (primary N) is 1. The molecule has 2 heterocycles. The van der Waals surface area contributed by atoms with E-state index in [1.807, 2.05) is 0 Å². The molecule has 0 aliphatic heterocycles. The van der Waals surface area contributed by atoms with E-state index >= 15 is 0 Å². The third-order valence-corrected chi connectivity index (χ3v) is 5.07. The molecule has 0 bridgehead atoms. The van der Waals surface area contributed by atoms with Gasteiger partial charge in [0.1, 0.15) is 15.4 Å². The van der Waals surface area contributed by atoms with Gasteiger partial charge in [0, 0.05) is 5.39 Å². The molecule has 0 spiro atoms. The second-order valence-corrected chi connectivity index (χ2v) is 6.84. The number of nitrogens with zero attached hydrogens (tertiary/aromatic N) is 1. The summed E-state index contributed by atoms with van der Waals surface area (Å²) in [5.41, 5.74) is 5.58. The van der Waals surface area contributed by atoms with Crippen molar-refractivity contribution in [3.05, 3.63) is 52.0 Å². The van der Waals surface area contributed by atoms with Crippen LogP contribution in [0.5, 0.6) is 0 Å². The summed E-state index contributed by atoms with van der Waals surface area (Å²) in [5.74, 6) is -1.31. The number of aromatic nitrogens is 1. The van der Waals surface area contributed by atoms with Gasteiger partial charge < -0.3 is 15.8 Å². The van der Waals surface area contributed by atoms with E-state index in [9.17, 15) is 22.8 Å². The number of esters is 1. The van der Waals surface area contributed by atoms with Gasteiger partial charge in [-0.1, -0.05) is 12.1 Å². The van der Waals surface area contributed by atoms with Crippen LogP contribution in [0.4, 0.5) is 24.5 Å². The van der Waals surface area contributed by atoms with Crippen molar-refractivity contribution in [2.24, 2.45) is 0 Å². The van der Waals surface area contributed by atoms with E-state index in [2.05, 4.69) is 15.0 Å². The molecule has 0 saturated carbocycles. The number of ether oxygens (including phenoxy) is 1. The number of methoxy groups -OCH3 is 1. The number of hydrogen-bond donors (Lipinski definition) is 2. The Labute approximate surface area is 161 Å². The van der Waals surface area contributed by atoms with Gasteiger partial charge in [0.15, 0.2) is 0 Å². The number of nitrogens with one attached hydrogen (secondary N) is 1. The van der Waals surface area contributed by atoms with Crippen molar-refractivity contribution in [2.45, 2.75) is 13.1 Å². The average molecular weight is 409 g/mol. The van der Waals surface area contributed by atoms with Crippen molar-refractivity contribution in [3.63, 3.8) is 0 Å². The molecule has 3 rings (SSSR count). The van der Waals surface area contributed by atoms with Crippen LogP contribution in [0.1, 0.15) is 31.3 Å². The van der Waals surface area contributed by atoms with Gasteiger partial charge in [-0.15, -0.1) is 11.3 Å². The number of carbonyl (C=O) groups is 2. The number of alkyl halides is 3. The summed E-state index contributed by atoms with van der Waals surface area (Å²) in [6, 6.07) is 7.06. The molecule has 10 heteroatoms. The molecule has 0 unspecified atom stereocenters. The van der Waals surface area contributed by atoms with E-state index in [0.717, 1.165) is 17.4 Å². The Bertz CT molecular complexity index is 1090. The lowest BCUT2D eigenvalue weighted by Crippen LogP contribution is -2.15. The lowest BCUT2D eigenvalue weighted by Gasteiger charge is -2.09.